The quantitative estimate of drug-likeness (QED) is 0.196. The number of ether oxygens (including phenoxy) is 1. The molecule has 1 atom stereocenters. The summed E-state index contributed by atoms with van der Waals surface area (Å²) in [5.41, 5.74) is 2.29. The highest BCUT2D eigenvalue weighted by atomic mass is 16.5. The maximum atomic E-state index is 13.0. The number of methoxy groups -OCH3 is 1. The monoisotopic (exact) mass is 594 g/mol. The molecule has 5 aromatic heterocycles. The van der Waals surface area contributed by atoms with E-state index in [4.69, 9.17) is 19.2 Å². The summed E-state index contributed by atoms with van der Waals surface area (Å²) >= 11 is 0. The minimum Gasteiger partial charge on any atom is -0.394 e. The van der Waals surface area contributed by atoms with Crippen molar-refractivity contribution >= 4 is 28.6 Å². The third-order valence-corrected chi connectivity index (χ3v) is 6.86. The van der Waals surface area contributed by atoms with E-state index in [2.05, 4.69) is 30.7 Å². The average Bonchev–Trinajstić information content (AvgIpc) is 3.64. The molecule has 224 valence electrons. The Hall–Kier alpha value is -5.47. The SMILES string of the molecule is COCn1c(=O)c2ccc(Nc3ncc(-c4nc(-c5cccnc5)no4)c(N[C@H](CO)c4ccccc4)n3)nc2n1C(C)C. The molecule has 6 aromatic rings. The predicted molar refractivity (Wildman–Crippen MR) is 163 cm³/mol. The van der Waals surface area contributed by atoms with Crippen molar-refractivity contribution in [1.29, 1.82) is 0 Å². The highest BCUT2D eigenvalue weighted by molar-refractivity contribution is 5.78. The summed E-state index contributed by atoms with van der Waals surface area (Å²) in [6.07, 6.45) is 4.85. The van der Waals surface area contributed by atoms with Gasteiger partial charge in [0.2, 0.25) is 11.8 Å². The Bertz CT molecular complexity index is 1940. The fraction of sp³-hybridized carbons (Fsp3) is 0.233. The molecule has 0 saturated heterocycles. The smallest absolute Gasteiger partial charge is 0.278 e. The van der Waals surface area contributed by atoms with Crippen LogP contribution in [0.2, 0.25) is 0 Å². The van der Waals surface area contributed by atoms with E-state index in [1.165, 1.54) is 11.8 Å². The van der Waals surface area contributed by atoms with Crippen LogP contribution in [-0.4, -0.2) is 58.3 Å². The summed E-state index contributed by atoms with van der Waals surface area (Å²) in [5, 5.41) is 21.3. The number of hydrogen-bond donors (Lipinski definition) is 3. The lowest BCUT2D eigenvalue weighted by Crippen LogP contribution is -2.25. The lowest BCUT2D eigenvalue weighted by Gasteiger charge is -2.19. The van der Waals surface area contributed by atoms with Crippen molar-refractivity contribution in [3.8, 4) is 22.8 Å². The van der Waals surface area contributed by atoms with Gasteiger partial charge in [-0.1, -0.05) is 35.5 Å². The van der Waals surface area contributed by atoms with E-state index in [1.54, 1.807) is 41.5 Å². The minimum atomic E-state index is -0.492. The molecule has 6 rings (SSSR count). The maximum absolute atomic E-state index is 13.0. The Morgan fingerprint density at radius 2 is 1.86 bits per heavy atom. The molecular weight excluding hydrogens is 564 g/mol. The lowest BCUT2D eigenvalue weighted by atomic mass is 10.1. The Labute approximate surface area is 251 Å². The fourth-order valence-electron chi connectivity index (χ4n) is 4.83. The summed E-state index contributed by atoms with van der Waals surface area (Å²) in [5.74, 6) is 1.53. The van der Waals surface area contributed by atoms with E-state index >= 15 is 0 Å². The number of benzene rings is 1. The molecule has 0 fully saturated rings. The van der Waals surface area contributed by atoms with Gasteiger partial charge in [-0.2, -0.15) is 9.97 Å². The van der Waals surface area contributed by atoms with E-state index in [-0.39, 0.29) is 36.8 Å². The second kappa shape index (κ2) is 12.4. The van der Waals surface area contributed by atoms with Crippen molar-refractivity contribution < 1.29 is 14.4 Å². The van der Waals surface area contributed by atoms with Crippen LogP contribution in [-0.2, 0) is 11.5 Å². The van der Waals surface area contributed by atoms with E-state index in [0.717, 1.165) is 5.56 Å². The van der Waals surface area contributed by atoms with Gasteiger partial charge in [-0.05, 0) is 43.7 Å². The fourth-order valence-corrected chi connectivity index (χ4v) is 4.83. The van der Waals surface area contributed by atoms with Gasteiger partial charge in [0.15, 0.2) is 5.65 Å². The first-order chi connectivity index (χ1) is 21.5. The molecule has 0 radical (unpaired) electrons. The van der Waals surface area contributed by atoms with Crippen molar-refractivity contribution in [2.24, 2.45) is 0 Å². The predicted octanol–water partition coefficient (Wildman–Crippen LogP) is 4.17. The van der Waals surface area contributed by atoms with Crippen LogP contribution in [0, 0.1) is 0 Å². The number of pyridine rings is 2. The molecule has 0 amide bonds. The van der Waals surface area contributed by atoms with Gasteiger partial charge in [0.1, 0.15) is 23.9 Å². The number of hydrogen-bond acceptors (Lipinski definition) is 12. The number of anilines is 3. The molecule has 44 heavy (non-hydrogen) atoms. The van der Waals surface area contributed by atoms with E-state index < -0.39 is 6.04 Å². The van der Waals surface area contributed by atoms with E-state index in [9.17, 15) is 9.90 Å². The largest absolute Gasteiger partial charge is 0.394 e. The van der Waals surface area contributed by atoms with Gasteiger partial charge < -0.3 is 25.0 Å². The molecule has 0 aliphatic heterocycles. The standard InChI is InChI=1S/C30H30N10O4/c1-18(2)40-27-21(29(42)39(40)17-43-3)11-12-24(34-27)35-30-32-15-22(28-36-25(38-44-28)20-10-7-13-31-14-20)26(37-30)33-23(16-41)19-8-5-4-6-9-19/h4-15,18,23,41H,16-17H2,1-3H3,(H2,32,33,34,35,37)/t23-/m1/s1. The third-order valence-electron chi connectivity index (χ3n) is 6.86. The Morgan fingerprint density at radius 1 is 1.02 bits per heavy atom. The van der Waals surface area contributed by atoms with Gasteiger partial charge in [0.05, 0.1) is 18.0 Å². The zero-order valence-electron chi connectivity index (χ0n) is 24.2. The number of aliphatic hydroxyl groups is 1. The second-order valence-electron chi connectivity index (χ2n) is 10.2. The van der Waals surface area contributed by atoms with Crippen LogP contribution in [0.15, 0.2) is 82.5 Å². The number of rotatable bonds is 11. The molecule has 0 bridgehead atoms. The van der Waals surface area contributed by atoms with Gasteiger partial charge >= 0.3 is 0 Å². The topological polar surface area (TPSA) is 171 Å². The van der Waals surface area contributed by atoms with Crippen LogP contribution >= 0.6 is 0 Å². The average molecular weight is 595 g/mol. The summed E-state index contributed by atoms with van der Waals surface area (Å²) in [6, 6.07) is 16.0. The van der Waals surface area contributed by atoms with Crippen molar-refractivity contribution in [3.05, 3.63) is 89.1 Å². The molecule has 14 heteroatoms. The number of nitrogens with one attached hydrogen (secondary N) is 2. The lowest BCUT2D eigenvalue weighted by molar-refractivity contribution is 0.103. The van der Waals surface area contributed by atoms with Crippen molar-refractivity contribution in [2.75, 3.05) is 24.4 Å². The Kier molecular flexibility index (Phi) is 8.08. The van der Waals surface area contributed by atoms with Crippen LogP contribution in [0.3, 0.4) is 0 Å². The summed E-state index contributed by atoms with van der Waals surface area (Å²) in [7, 11) is 1.54. The molecule has 14 nitrogen and oxygen atoms in total. The van der Waals surface area contributed by atoms with E-state index in [1.807, 2.05) is 50.2 Å². The Balaban J connectivity index is 1.39. The normalized spacial score (nSPS) is 12.1. The van der Waals surface area contributed by atoms with Crippen molar-refractivity contribution in [3.63, 3.8) is 0 Å². The zero-order chi connectivity index (χ0) is 30.6. The maximum Gasteiger partial charge on any atom is 0.278 e. The van der Waals surface area contributed by atoms with Gasteiger partial charge in [-0.15, -0.1) is 0 Å². The first-order valence-electron chi connectivity index (χ1n) is 13.9. The van der Waals surface area contributed by atoms with Gasteiger partial charge in [-0.3, -0.25) is 14.5 Å². The molecular formula is C30H30N10O4. The van der Waals surface area contributed by atoms with Crippen LogP contribution in [0.5, 0.6) is 0 Å². The number of nitrogens with zero attached hydrogens (tertiary/aromatic N) is 8. The molecule has 0 saturated carbocycles. The number of aromatic nitrogens is 8. The molecule has 1 aromatic carbocycles. The van der Waals surface area contributed by atoms with Crippen LogP contribution in [0.1, 0.15) is 31.5 Å². The molecule has 0 aliphatic carbocycles. The highest BCUT2D eigenvalue weighted by Gasteiger charge is 2.21. The molecule has 0 aliphatic rings. The van der Waals surface area contributed by atoms with Crippen molar-refractivity contribution in [2.45, 2.75) is 32.7 Å². The summed E-state index contributed by atoms with van der Waals surface area (Å²) in [6.45, 7) is 3.83. The van der Waals surface area contributed by atoms with Gasteiger partial charge in [0.25, 0.3) is 11.4 Å². The highest BCUT2D eigenvalue weighted by Crippen LogP contribution is 2.31. The second-order valence-corrected chi connectivity index (χ2v) is 10.2. The summed E-state index contributed by atoms with van der Waals surface area (Å²) < 4.78 is 14.2. The first-order valence-corrected chi connectivity index (χ1v) is 13.9. The zero-order valence-corrected chi connectivity index (χ0v) is 24.2. The molecule has 0 spiro atoms. The number of aliphatic hydroxyl groups excluding tert-OH is 1. The van der Waals surface area contributed by atoms with Crippen LogP contribution < -0.4 is 16.2 Å². The summed E-state index contributed by atoms with van der Waals surface area (Å²) in [4.78, 5) is 35.6. The van der Waals surface area contributed by atoms with Crippen LogP contribution in [0.25, 0.3) is 33.9 Å². The Morgan fingerprint density at radius 3 is 2.59 bits per heavy atom. The minimum absolute atomic E-state index is 0.0520. The first kappa shape index (κ1) is 28.6. The van der Waals surface area contributed by atoms with E-state index in [0.29, 0.717) is 39.6 Å². The van der Waals surface area contributed by atoms with Crippen molar-refractivity contribution in [1.82, 2.24) is 39.4 Å². The molecule has 0 unspecified atom stereocenters. The number of fused-ring (bicyclic) bond motifs is 1. The third kappa shape index (κ3) is 5.63. The van der Waals surface area contributed by atoms with Crippen LogP contribution in [0.4, 0.5) is 17.6 Å². The molecule has 3 N–H and O–H groups in total. The van der Waals surface area contributed by atoms with Gasteiger partial charge in [0, 0.05) is 37.3 Å². The van der Waals surface area contributed by atoms with Gasteiger partial charge in [-0.25, -0.2) is 14.6 Å². The molecule has 5 heterocycles.